The van der Waals surface area contributed by atoms with Crippen molar-refractivity contribution in [3.8, 4) is 0 Å². The maximum atomic E-state index is 5.51. The molecule has 1 aliphatic heterocycles. The van der Waals surface area contributed by atoms with E-state index in [1.807, 2.05) is 0 Å². The SMILES string of the molecule is CCCC1OCCOC1C. The van der Waals surface area contributed by atoms with Gasteiger partial charge < -0.3 is 9.47 Å². The molecule has 1 aliphatic rings. The van der Waals surface area contributed by atoms with Crippen LogP contribution in [0.5, 0.6) is 0 Å². The van der Waals surface area contributed by atoms with Crippen molar-refractivity contribution < 1.29 is 9.47 Å². The van der Waals surface area contributed by atoms with Gasteiger partial charge in [0.15, 0.2) is 0 Å². The van der Waals surface area contributed by atoms with E-state index in [9.17, 15) is 0 Å². The Morgan fingerprint density at radius 3 is 2.60 bits per heavy atom. The van der Waals surface area contributed by atoms with Crippen molar-refractivity contribution in [1.82, 2.24) is 0 Å². The van der Waals surface area contributed by atoms with Crippen LogP contribution in [0, 0.1) is 0 Å². The summed E-state index contributed by atoms with van der Waals surface area (Å²) in [7, 11) is 0. The van der Waals surface area contributed by atoms with Crippen LogP contribution in [-0.4, -0.2) is 25.4 Å². The first-order valence-electron chi connectivity index (χ1n) is 4.07. The molecule has 0 aromatic rings. The van der Waals surface area contributed by atoms with Gasteiger partial charge in [0.25, 0.3) is 0 Å². The minimum atomic E-state index is 0.300. The summed E-state index contributed by atoms with van der Waals surface area (Å²) in [5, 5.41) is 0. The molecule has 1 heterocycles. The van der Waals surface area contributed by atoms with Crippen LogP contribution >= 0.6 is 0 Å². The number of hydrogen-bond donors (Lipinski definition) is 0. The molecule has 0 N–H and O–H groups in total. The van der Waals surface area contributed by atoms with Gasteiger partial charge in [-0.3, -0.25) is 0 Å². The largest absolute Gasteiger partial charge is 0.373 e. The summed E-state index contributed by atoms with van der Waals surface area (Å²) >= 11 is 0. The van der Waals surface area contributed by atoms with Gasteiger partial charge in [0, 0.05) is 0 Å². The highest BCUT2D eigenvalue weighted by Gasteiger charge is 2.21. The summed E-state index contributed by atoms with van der Waals surface area (Å²) in [6, 6.07) is 0. The minimum absolute atomic E-state index is 0.300. The molecule has 0 aliphatic carbocycles. The molecule has 0 radical (unpaired) electrons. The number of rotatable bonds is 2. The highest BCUT2D eigenvalue weighted by Crippen LogP contribution is 2.13. The average molecular weight is 144 g/mol. The van der Waals surface area contributed by atoms with Gasteiger partial charge >= 0.3 is 0 Å². The lowest BCUT2D eigenvalue weighted by molar-refractivity contribution is -0.134. The number of ether oxygens (including phenoxy) is 2. The van der Waals surface area contributed by atoms with Gasteiger partial charge in [0.1, 0.15) is 0 Å². The highest BCUT2D eigenvalue weighted by atomic mass is 16.6. The van der Waals surface area contributed by atoms with Crippen LogP contribution in [0.25, 0.3) is 0 Å². The lowest BCUT2D eigenvalue weighted by Crippen LogP contribution is -2.36. The fourth-order valence-corrected chi connectivity index (χ4v) is 1.28. The molecule has 2 unspecified atom stereocenters. The van der Waals surface area contributed by atoms with Gasteiger partial charge in [-0.05, 0) is 13.3 Å². The van der Waals surface area contributed by atoms with Gasteiger partial charge in [0.2, 0.25) is 0 Å². The molecule has 2 heteroatoms. The molecular weight excluding hydrogens is 128 g/mol. The van der Waals surface area contributed by atoms with Crippen molar-refractivity contribution >= 4 is 0 Å². The van der Waals surface area contributed by atoms with Gasteiger partial charge in [-0.1, -0.05) is 13.3 Å². The maximum Gasteiger partial charge on any atom is 0.0835 e. The lowest BCUT2D eigenvalue weighted by Gasteiger charge is -2.29. The van der Waals surface area contributed by atoms with Gasteiger partial charge in [-0.2, -0.15) is 0 Å². The monoisotopic (exact) mass is 144 g/mol. The fraction of sp³-hybridized carbons (Fsp3) is 1.00. The maximum absolute atomic E-state index is 5.51. The molecule has 2 atom stereocenters. The molecule has 0 spiro atoms. The fourth-order valence-electron chi connectivity index (χ4n) is 1.28. The minimum Gasteiger partial charge on any atom is -0.373 e. The van der Waals surface area contributed by atoms with Crippen LogP contribution in [0.15, 0.2) is 0 Å². The zero-order valence-electron chi connectivity index (χ0n) is 6.80. The predicted molar refractivity (Wildman–Crippen MR) is 40.1 cm³/mol. The van der Waals surface area contributed by atoms with E-state index in [4.69, 9.17) is 9.47 Å². The zero-order chi connectivity index (χ0) is 7.40. The third-order valence-corrected chi connectivity index (χ3v) is 1.89. The smallest absolute Gasteiger partial charge is 0.0835 e. The summed E-state index contributed by atoms with van der Waals surface area (Å²) in [4.78, 5) is 0. The normalized spacial score (nSPS) is 34.2. The molecule has 0 bridgehead atoms. The molecular formula is C8H16O2. The third kappa shape index (κ3) is 1.96. The first-order valence-corrected chi connectivity index (χ1v) is 4.07. The molecule has 0 aromatic carbocycles. The van der Waals surface area contributed by atoms with Gasteiger partial charge in [-0.25, -0.2) is 0 Å². The Hall–Kier alpha value is -0.0800. The zero-order valence-corrected chi connectivity index (χ0v) is 6.80. The van der Waals surface area contributed by atoms with E-state index in [0.29, 0.717) is 12.2 Å². The van der Waals surface area contributed by atoms with E-state index < -0.39 is 0 Å². The standard InChI is InChI=1S/C8H16O2/c1-3-4-8-7(2)9-5-6-10-8/h7-8H,3-6H2,1-2H3. The van der Waals surface area contributed by atoms with E-state index in [1.54, 1.807) is 0 Å². The Morgan fingerprint density at radius 1 is 1.30 bits per heavy atom. The summed E-state index contributed by atoms with van der Waals surface area (Å²) < 4.78 is 10.9. The second-order valence-electron chi connectivity index (χ2n) is 2.77. The van der Waals surface area contributed by atoms with E-state index >= 15 is 0 Å². The van der Waals surface area contributed by atoms with Crippen molar-refractivity contribution in [3.05, 3.63) is 0 Å². The van der Waals surface area contributed by atoms with Crippen LogP contribution in [0.4, 0.5) is 0 Å². The average Bonchev–Trinajstić information content (AvgIpc) is 1.94. The Morgan fingerprint density at radius 2 is 2.00 bits per heavy atom. The predicted octanol–water partition coefficient (Wildman–Crippen LogP) is 1.59. The molecule has 1 fully saturated rings. The molecule has 0 saturated carbocycles. The molecule has 10 heavy (non-hydrogen) atoms. The molecule has 0 aromatic heterocycles. The summed E-state index contributed by atoms with van der Waals surface area (Å²) in [5.41, 5.74) is 0. The van der Waals surface area contributed by atoms with Crippen LogP contribution in [0.2, 0.25) is 0 Å². The highest BCUT2D eigenvalue weighted by molar-refractivity contribution is 4.68. The summed E-state index contributed by atoms with van der Waals surface area (Å²) in [6.45, 7) is 5.79. The van der Waals surface area contributed by atoms with Crippen LogP contribution in [-0.2, 0) is 9.47 Å². The van der Waals surface area contributed by atoms with Crippen LogP contribution in [0.3, 0.4) is 0 Å². The van der Waals surface area contributed by atoms with Crippen LogP contribution in [0.1, 0.15) is 26.7 Å². The Bertz CT molecular complexity index is 91.3. The van der Waals surface area contributed by atoms with E-state index in [0.717, 1.165) is 19.6 Å². The van der Waals surface area contributed by atoms with E-state index in [2.05, 4.69) is 13.8 Å². The number of hydrogen-bond acceptors (Lipinski definition) is 2. The summed E-state index contributed by atoms with van der Waals surface area (Å²) in [6.07, 6.45) is 2.95. The Labute approximate surface area is 62.5 Å². The lowest BCUT2D eigenvalue weighted by atomic mass is 10.1. The van der Waals surface area contributed by atoms with Crippen molar-refractivity contribution in [2.24, 2.45) is 0 Å². The second-order valence-corrected chi connectivity index (χ2v) is 2.77. The topological polar surface area (TPSA) is 18.5 Å². The quantitative estimate of drug-likeness (QED) is 0.586. The first kappa shape index (κ1) is 8.02. The van der Waals surface area contributed by atoms with Gasteiger partial charge in [0.05, 0.1) is 25.4 Å². The summed E-state index contributed by atoms with van der Waals surface area (Å²) in [5.74, 6) is 0. The van der Waals surface area contributed by atoms with E-state index in [1.165, 1.54) is 6.42 Å². The van der Waals surface area contributed by atoms with Crippen molar-refractivity contribution in [3.63, 3.8) is 0 Å². The van der Waals surface area contributed by atoms with Crippen molar-refractivity contribution in [1.29, 1.82) is 0 Å². The van der Waals surface area contributed by atoms with Crippen LogP contribution < -0.4 is 0 Å². The third-order valence-electron chi connectivity index (χ3n) is 1.89. The van der Waals surface area contributed by atoms with E-state index in [-0.39, 0.29) is 0 Å². The Kier molecular flexibility index (Phi) is 3.16. The molecule has 0 amide bonds. The molecule has 1 saturated heterocycles. The first-order chi connectivity index (χ1) is 4.84. The van der Waals surface area contributed by atoms with Crippen molar-refractivity contribution in [2.45, 2.75) is 38.9 Å². The Balaban J connectivity index is 2.25. The molecule has 60 valence electrons. The molecule has 1 rings (SSSR count). The van der Waals surface area contributed by atoms with Crippen molar-refractivity contribution in [2.75, 3.05) is 13.2 Å². The van der Waals surface area contributed by atoms with Gasteiger partial charge in [-0.15, -0.1) is 0 Å². The second kappa shape index (κ2) is 3.94. The molecule has 2 nitrogen and oxygen atoms in total.